The van der Waals surface area contributed by atoms with Crippen molar-refractivity contribution in [2.75, 3.05) is 0 Å². The summed E-state index contributed by atoms with van der Waals surface area (Å²) in [5.74, 6) is 0. The molecule has 0 heterocycles. The summed E-state index contributed by atoms with van der Waals surface area (Å²) in [6.45, 7) is 0. The summed E-state index contributed by atoms with van der Waals surface area (Å²) in [6, 6.07) is 0. The number of hydrogen-bond acceptors (Lipinski definition) is 0. The predicted octanol–water partition coefficient (Wildman–Crippen LogP) is -12.1. The van der Waals surface area contributed by atoms with Crippen molar-refractivity contribution < 1.29 is 66.7 Å². The molecule has 0 nitrogen and oxygen atoms in total. The Bertz CT molecular complexity index is 18.8. The molecule has 8 heavy (non-hydrogen) atoms. The molecule has 0 spiro atoms. The first-order chi connectivity index (χ1) is 1.00. The Morgan fingerprint density at radius 1 is 0.625 bits per heavy atom. The zero-order valence-electron chi connectivity index (χ0n) is 3.55. The molecule has 0 radical (unpaired) electrons. The maximum Gasteiger partial charge on any atom is 3.00 e. The molecule has 0 aliphatic carbocycles. The van der Waals surface area contributed by atoms with Crippen LogP contribution in [0.3, 0.4) is 0 Å². The van der Waals surface area contributed by atoms with E-state index in [-0.39, 0.29) is 84.1 Å². The summed E-state index contributed by atoms with van der Waals surface area (Å²) in [7, 11) is 0. The van der Waals surface area contributed by atoms with Gasteiger partial charge in [-0.25, -0.2) is 0 Å². The maximum absolute atomic E-state index is 4.00. The van der Waals surface area contributed by atoms with Crippen molar-refractivity contribution in [1.82, 2.24) is 0 Å². The van der Waals surface area contributed by atoms with Gasteiger partial charge in [0.25, 0.3) is 0 Å². The average Bonchev–Trinajstić information content (AvgIpc) is 1.00. The number of halogens is 4. The van der Waals surface area contributed by atoms with Crippen LogP contribution in [0.5, 0.6) is 0 Å². The molecule has 0 saturated carbocycles. The largest absolute Gasteiger partial charge is 3.00 e. The summed E-state index contributed by atoms with van der Waals surface area (Å²) in [5, 5.41) is 0. The molecule has 0 aromatic heterocycles. The van der Waals surface area contributed by atoms with Crippen LogP contribution in [0, 0.1) is 12.8 Å². The van der Waals surface area contributed by atoms with Crippen LogP contribution in [-0.2, 0) is 17.1 Å². The molecule has 0 unspecified atom stereocenters. The maximum atomic E-state index is 4.00. The third-order valence-electron chi connectivity index (χ3n) is 0. The molecule has 0 rings (SSSR count). The summed E-state index contributed by atoms with van der Waals surface area (Å²) in [4.78, 5) is 0. The quantitative estimate of drug-likeness (QED) is 0.299. The van der Waals surface area contributed by atoms with E-state index in [4.69, 9.17) is 0 Å². The minimum atomic E-state index is 0. The molecular formula is C2H2AlCl4Cu. The summed E-state index contributed by atoms with van der Waals surface area (Å²) >= 11 is 0. The third kappa shape index (κ3) is 114. The van der Waals surface area contributed by atoms with Crippen molar-refractivity contribution in [3.8, 4) is 12.8 Å². The van der Waals surface area contributed by atoms with Gasteiger partial charge in [0.05, 0.1) is 0 Å². The van der Waals surface area contributed by atoms with E-state index in [9.17, 15) is 0 Å². The van der Waals surface area contributed by atoms with Gasteiger partial charge in [-0.05, 0) is 0 Å². The molecule has 0 N–H and O–H groups in total. The Kier molecular flexibility index (Phi) is 2060. The molecular weight excluding hydrogens is 256 g/mol. The van der Waals surface area contributed by atoms with Gasteiger partial charge in [-0.1, -0.05) is 0 Å². The van der Waals surface area contributed by atoms with Crippen molar-refractivity contribution in [3.05, 3.63) is 0 Å². The van der Waals surface area contributed by atoms with E-state index in [1.165, 1.54) is 0 Å². The van der Waals surface area contributed by atoms with Crippen LogP contribution in [0.4, 0.5) is 0 Å². The fourth-order valence-corrected chi connectivity index (χ4v) is 0. The molecule has 0 atom stereocenters. The van der Waals surface area contributed by atoms with Crippen LogP contribution in [0.2, 0.25) is 0 Å². The van der Waals surface area contributed by atoms with Crippen molar-refractivity contribution in [1.29, 1.82) is 0 Å². The Morgan fingerprint density at radius 2 is 0.625 bits per heavy atom. The second-order valence-corrected chi connectivity index (χ2v) is 0. The smallest absolute Gasteiger partial charge is 1.00 e. The molecule has 0 aromatic carbocycles. The number of rotatable bonds is 0. The zero-order valence-corrected chi connectivity index (χ0v) is 8.67. The van der Waals surface area contributed by atoms with E-state index >= 15 is 0 Å². The van der Waals surface area contributed by atoms with Gasteiger partial charge in [0.1, 0.15) is 0 Å². The van der Waals surface area contributed by atoms with Crippen LogP contribution < -0.4 is 49.6 Å². The average molecular weight is 258 g/mol. The topological polar surface area (TPSA) is 0 Å². The second kappa shape index (κ2) is 169. The third-order valence-corrected chi connectivity index (χ3v) is 0. The van der Waals surface area contributed by atoms with Crippen LogP contribution in [-0.4, -0.2) is 17.4 Å². The fourth-order valence-electron chi connectivity index (χ4n) is 0. The van der Waals surface area contributed by atoms with E-state index < -0.39 is 0 Å². The van der Waals surface area contributed by atoms with E-state index in [2.05, 4.69) is 12.8 Å². The molecule has 0 fully saturated rings. The minimum Gasteiger partial charge on any atom is -1.00 e. The van der Waals surface area contributed by atoms with Gasteiger partial charge in [-0.15, -0.1) is 12.8 Å². The fraction of sp³-hybridized carbons (Fsp3) is 0. The molecule has 52 valence electrons. The Balaban J connectivity index is -0.000000000333. The minimum absolute atomic E-state index is 0. The summed E-state index contributed by atoms with van der Waals surface area (Å²) in [6.07, 6.45) is 8.00. The van der Waals surface area contributed by atoms with Crippen molar-refractivity contribution >= 4 is 17.4 Å². The van der Waals surface area contributed by atoms with Crippen LogP contribution in [0.15, 0.2) is 0 Å². The van der Waals surface area contributed by atoms with Crippen molar-refractivity contribution in [3.63, 3.8) is 0 Å². The van der Waals surface area contributed by atoms with E-state index in [1.807, 2.05) is 0 Å². The van der Waals surface area contributed by atoms with Crippen LogP contribution in [0.1, 0.15) is 0 Å². The Morgan fingerprint density at radius 3 is 0.625 bits per heavy atom. The second-order valence-electron chi connectivity index (χ2n) is 0. The summed E-state index contributed by atoms with van der Waals surface area (Å²) < 4.78 is 0. The molecule has 0 saturated heterocycles. The van der Waals surface area contributed by atoms with E-state index in [0.717, 1.165) is 0 Å². The van der Waals surface area contributed by atoms with Gasteiger partial charge in [0.2, 0.25) is 0 Å². The first-order valence-corrected chi connectivity index (χ1v) is 0.333. The molecule has 6 heteroatoms. The SMILES string of the molecule is C#C.[Al+3].[Cl-].[Cl-].[Cl-].[Cl-].[Cu+]. The Hall–Kier alpha value is 1.77. The van der Waals surface area contributed by atoms with Gasteiger partial charge in [-0.2, -0.15) is 0 Å². The van der Waals surface area contributed by atoms with Crippen molar-refractivity contribution in [2.24, 2.45) is 0 Å². The predicted molar refractivity (Wildman–Crippen MR) is 15.6 cm³/mol. The van der Waals surface area contributed by atoms with Crippen LogP contribution >= 0.6 is 0 Å². The monoisotopic (exact) mass is 256 g/mol. The van der Waals surface area contributed by atoms with Gasteiger partial charge >= 0.3 is 34.4 Å². The number of hydrogen-bond donors (Lipinski definition) is 0. The standard InChI is InChI=1S/C2H2.Al.4ClH.Cu/c1-2;;;;;;/h1-2H;;4*1H;/q;+3;;;;;+1/p-4. The van der Waals surface area contributed by atoms with Gasteiger partial charge in [-0.3, -0.25) is 0 Å². The van der Waals surface area contributed by atoms with Gasteiger partial charge < -0.3 is 49.6 Å². The number of terminal acetylenes is 1. The molecule has 0 aliphatic heterocycles. The normalized spacial score (nSPS) is 0.250. The Labute approximate surface area is 96.2 Å². The zero-order chi connectivity index (χ0) is 2.00. The van der Waals surface area contributed by atoms with E-state index in [1.54, 1.807) is 0 Å². The molecule has 0 aliphatic rings. The van der Waals surface area contributed by atoms with E-state index in [0.29, 0.717) is 0 Å². The van der Waals surface area contributed by atoms with Crippen LogP contribution in [0.25, 0.3) is 0 Å². The van der Waals surface area contributed by atoms with Gasteiger partial charge in [0, 0.05) is 0 Å². The molecule has 0 aromatic rings. The van der Waals surface area contributed by atoms with Crippen molar-refractivity contribution in [2.45, 2.75) is 0 Å². The first kappa shape index (κ1) is 97.9. The van der Waals surface area contributed by atoms with Gasteiger partial charge in [0.15, 0.2) is 0 Å². The first-order valence-electron chi connectivity index (χ1n) is 0.333. The summed E-state index contributed by atoms with van der Waals surface area (Å²) in [5.41, 5.74) is 0. The molecule has 0 amide bonds. The molecule has 0 bridgehead atoms.